The topological polar surface area (TPSA) is 63.2 Å². The van der Waals surface area contributed by atoms with E-state index in [9.17, 15) is 13.2 Å². The molecular formula is C13H17NO3S. The van der Waals surface area contributed by atoms with E-state index in [-0.39, 0.29) is 12.2 Å². The van der Waals surface area contributed by atoms with Crippen molar-refractivity contribution in [2.75, 3.05) is 5.75 Å². The zero-order valence-corrected chi connectivity index (χ0v) is 11.2. The molecular weight excluding hydrogens is 250 g/mol. The maximum atomic E-state index is 11.6. The number of carbonyl (C=O) groups is 1. The fourth-order valence-electron chi connectivity index (χ4n) is 1.65. The number of hydrogen-bond acceptors (Lipinski definition) is 3. The van der Waals surface area contributed by atoms with Crippen LogP contribution in [0.15, 0.2) is 36.9 Å². The molecule has 1 aromatic carbocycles. The molecule has 0 saturated carbocycles. The van der Waals surface area contributed by atoms with Gasteiger partial charge in [0.1, 0.15) is 0 Å². The highest BCUT2D eigenvalue weighted by molar-refractivity contribution is 7.90. The smallest absolute Gasteiger partial charge is 0.238 e. The van der Waals surface area contributed by atoms with E-state index in [2.05, 4.69) is 6.58 Å². The molecule has 1 amide bonds. The largest absolute Gasteiger partial charge is 0.274 e. The van der Waals surface area contributed by atoms with Gasteiger partial charge in [-0.1, -0.05) is 37.3 Å². The molecule has 0 aliphatic carbocycles. The van der Waals surface area contributed by atoms with Crippen LogP contribution in [0.25, 0.3) is 0 Å². The predicted molar refractivity (Wildman–Crippen MR) is 71.7 cm³/mol. The van der Waals surface area contributed by atoms with Crippen molar-refractivity contribution in [2.45, 2.75) is 19.8 Å². The number of aryl methyl sites for hydroxylation is 1. The van der Waals surface area contributed by atoms with Crippen LogP contribution < -0.4 is 4.72 Å². The fraction of sp³-hybridized carbons (Fsp3) is 0.308. The van der Waals surface area contributed by atoms with Crippen LogP contribution >= 0.6 is 0 Å². The summed E-state index contributed by atoms with van der Waals surface area (Å²) in [6, 6.07) is 7.49. The van der Waals surface area contributed by atoms with Gasteiger partial charge in [-0.25, -0.2) is 8.42 Å². The zero-order chi connectivity index (χ0) is 13.6. The first kappa shape index (κ1) is 14.4. The quantitative estimate of drug-likeness (QED) is 0.793. The van der Waals surface area contributed by atoms with E-state index in [1.807, 2.05) is 35.9 Å². The molecule has 0 bridgehead atoms. The Morgan fingerprint density at radius 1 is 1.33 bits per heavy atom. The Balaban J connectivity index is 2.74. The lowest BCUT2D eigenvalue weighted by Gasteiger charge is -2.08. The molecule has 18 heavy (non-hydrogen) atoms. The minimum absolute atomic E-state index is 0.0698. The maximum absolute atomic E-state index is 11.6. The van der Waals surface area contributed by atoms with Crippen LogP contribution in [0.3, 0.4) is 0 Å². The van der Waals surface area contributed by atoms with Crippen LogP contribution in [-0.2, 0) is 27.7 Å². The fourth-order valence-corrected chi connectivity index (χ4v) is 2.47. The Bertz CT molecular complexity index is 535. The first-order chi connectivity index (χ1) is 8.48. The van der Waals surface area contributed by atoms with Crippen LogP contribution in [0.2, 0.25) is 0 Å². The van der Waals surface area contributed by atoms with Crippen molar-refractivity contribution in [3.05, 3.63) is 48.0 Å². The minimum Gasteiger partial charge on any atom is -0.274 e. The molecule has 0 radical (unpaired) electrons. The summed E-state index contributed by atoms with van der Waals surface area (Å²) >= 11 is 0. The maximum Gasteiger partial charge on any atom is 0.238 e. The lowest BCUT2D eigenvalue weighted by Crippen LogP contribution is -2.33. The molecule has 0 aromatic heterocycles. The molecule has 0 atom stereocenters. The van der Waals surface area contributed by atoms with E-state index < -0.39 is 15.9 Å². The van der Waals surface area contributed by atoms with Crippen LogP contribution in [0.1, 0.15) is 18.1 Å². The standard InChI is InChI=1S/C13H17NO3S/c1-3-9-18(16,17)14-13(15)10-12-8-6-5-7-11(12)4-2/h3,5-8H,1,4,9-10H2,2H3,(H,14,15). The molecule has 0 saturated heterocycles. The molecule has 4 nitrogen and oxygen atoms in total. The van der Waals surface area contributed by atoms with Gasteiger partial charge in [0.05, 0.1) is 12.2 Å². The molecule has 0 unspecified atom stereocenters. The van der Waals surface area contributed by atoms with Gasteiger partial charge in [0.25, 0.3) is 0 Å². The second-order valence-electron chi connectivity index (χ2n) is 3.89. The van der Waals surface area contributed by atoms with Crippen molar-refractivity contribution in [3.63, 3.8) is 0 Å². The molecule has 0 aliphatic rings. The van der Waals surface area contributed by atoms with Crippen molar-refractivity contribution in [1.29, 1.82) is 0 Å². The summed E-state index contributed by atoms with van der Waals surface area (Å²) in [6.45, 7) is 5.33. The van der Waals surface area contributed by atoms with E-state index in [1.54, 1.807) is 0 Å². The van der Waals surface area contributed by atoms with Crippen molar-refractivity contribution in [2.24, 2.45) is 0 Å². The monoisotopic (exact) mass is 267 g/mol. The Kier molecular flexibility index (Phi) is 5.09. The van der Waals surface area contributed by atoms with Gasteiger partial charge in [0.2, 0.25) is 15.9 Å². The van der Waals surface area contributed by atoms with E-state index >= 15 is 0 Å². The second-order valence-corrected chi connectivity index (χ2v) is 5.66. The van der Waals surface area contributed by atoms with Crippen molar-refractivity contribution >= 4 is 15.9 Å². The van der Waals surface area contributed by atoms with E-state index in [0.717, 1.165) is 17.5 Å². The third kappa shape index (κ3) is 4.33. The Labute approximate surface area is 108 Å². The number of sulfonamides is 1. The van der Waals surface area contributed by atoms with Crippen molar-refractivity contribution in [3.8, 4) is 0 Å². The number of hydrogen-bond donors (Lipinski definition) is 1. The number of carbonyl (C=O) groups excluding carboxylic acids is 1. The number of benzene rings is 1. The van der Waals surface area contributed by atoms with Gasteiger partial charge < -0.3 is 0 Å². The predicted octanol–water partition coefficient (Wildman–Crippen LogP) is 1.42. The van der Waals surface area contributed by atoms with Gasteiger partial charge in [-0.2, -0.15) is 0 Å². The SMILES string of the molecule is C=CCS(=O)(=O)NC(=O)Cc1ccccc1CC. The second kappa shape index (κ2) is 6.35. The summed E-state index contributed by atoms with van der Waals surface area (Å²) in [4.78, 5) is 11.6. The molecule has 98 valence electrons. The molecule has 1 rings (SSSR count). The normalized spacial score (nSPS) is 10.9. The van der Waals surface area contributed by atoms with Crippen LogP contribution in [0, 0.1) is 0 Å². The third-order valence-corrected chi connectivity index (χ3v) is 3.67. The van der Waals surface area contributed by atoms with Crippen LogP contribution in [0.4, 0.5) is 0 Å². The summed E-state index contributed by atoms with van der Waals surface area (Å²) < 4.78 is 24.8. The summed E-state index contributed by atoms with van der Waals surface area (Å²) in [5, 5.41) is 0. The Morgan fingerprint density at radius 2 is 1.94 bits per heavy atom. The highest BCUT2D eigenvalue weighted by Crippen LogP contribution is 2.10. The lowest BCUT2D eigenvalue weighted by molar-refractivity contribution is -0.118. The Hall–Kier alpha value is -1.62. The van der Waals surface area contributed by atoms with E-state index in [0.29, 0.717) is 0 Å². The number of amides is 1. The number of rotatable bonds is 6. The van der Waals surface area contributed by atoms with E-state index in [4.69, 9.17) is 0 Å². The average Bonchev–Trinajstić information content (AvgIpc) is 2.28. The lowest BCUT2D eigenvalue weighted by atomic mass is 10.0. The van der Waals surface area contributed by atoms with E-state index in [1.165, 1.54) is 6.08 Å². The highest BCUT2D eigenvalue weighted by atomic mass is 32.2. The molecule has 0 fully saturated rings. The summed E-state index contributed by atoms with van der Waals surface area (Å²) in [7, 11) is -3.59. The summed E-state index contributed by atoms with van der Waals surface area (Å²) in [5.41, 5.74) is 1.90. The van der Waals surface area contributed by atoms with Crippen LogP contribution in [-0.4, -0.2) is 20.1 Å². The first-order valence-corrected chi connectivity index (χ1v) is 7.34. The van der Waals surface area contributed by atoms with Crippen LogP contribution in [0.5, 0.6) is 0 Å². The minimum atomic E-state index is -3.59. The summed E-state index contributed by atoms with van der Waals surface area (Å²) in [5.74, 6) is -0.772. The average molecular weight is 267 g/mol. The molecule has 1 N–H and O–H groups in total. The van der Waals surface area contributed by atoms with Crippen molar-refractivity contribution in [1.82, 2.24) is 4.72 Å². The van der Waals surface area contributed by atoms with Gasteiger partial charge in [0.15, 0.2) is 0 Å². The number of nitrogens with one attached hydrogen (secondary N) is 1. The van der Waals surface area contributed by atoms with Gasteiger partial charge in [0, 0.05) is 0 Å². The van der Waals surface area contributed by atoms with Crippen molar-refractivity contribution < 1.29 is 13.2 Å². The molecule has 0 aliphatic heterocycles. The molecule has 1 aromatic rings. The summed E-state index contributed by atoms with van der Waals surface area (Å²) in [6.07, 6.45) is 2.12. The third-order valence-electron chi connectivity index (χ3n) is 2.46. The van der Waals surface area contributed by atoms with Gasteiger partial charge in [-0.05, 0) is 17.5 Å². The molecule has 0 spiro atoms. The Morgan fingerprint density at radius 3 is 2.50 bits per heavy atom. The van der Waals surface area contributed by atoms with Gasteiger partial charge >= 0.3 is 0 Å². The highest BCUT2D eigenvalue weighted by Gasteiger charge is 2.14. The zero-order valence-electron chi connectivity index (χ0n) is 10.3. The molecule has 0 heterocycles. The first-order valence-electron chi connectivity index (χ1n) is 5.69. The molecule has 5 heteroatoms. The van der Waals surface area contributed by atoms with Gasteiger partial charge in [-0.3, -0.25) is 9.52 Å². The van der Waals surface area contributed by atoms with Gasteiger partial charge in [-0.15, -0.1) is 6.58 Å².